The third-order valence-corrected chi connectivity index (χ3v) is 7.08. The summed E-state index contributed by atoms with van der Waals surface area (Å²) in [6, 6.07) is 7.56. The molecule has 0 aliphatic carbocycles. The number of hydrogen-bond donors (Lipinski definition) is 0. The van der Waals surface area contributed by atoms with Crippen LogP contribution in [0, 0.1) is 0 Å². The third kappa shape index (κ3) is 4.30. The number of hydrogen-bond acceptors (Lipinski definition) is 5. The minimum absolute atomic E-state index is 0.00384. The summed E-state index contributed by atoms with van der Waals surface area (Å²) in [5, 5.41) is 0.664. The fourth-order valence-corrected chi connectivity index (χ4v) is 4.69. The van der Waals surface area contributed by atoms with Gasteiger partial charge in [0.05, 0.1) is 5.69 Å². The zero-order valence-electron chi connectivity index (χ0n) is 16.6. The van der Waals surface area contributed by atoms with Crippen molar-refractivity contribution >= 4 is 27.8 Å². The lowest BCUT2D eigenvalue weighted by atomic mass is 9.91. The zero-order chi connectivity index (χ0) is 20.5. The fourth-order valence-electron chi connectivity index (χ4n) is 3.37. The van der Waals surface area contributed by atoms with Gasteiger partial charge in [0.25, 0.3) is 10.2 Å². The van der Waals surface area contributed by atoms with Gasteiger partial charge in [-0.05, 0) is 30.5 Å². The second-order valence-corrected chi connectivity index (χ2v) is 9.94. The molecule has 9 heteroatoms. The SMILES string of the molecule is CN(C)c1ncc(-c2ccc(Cl)cc2)c(C2CCCN(S(=O)(=O)N(C)C)C2)n1. The van der Waals surface area contributed by atoms with Gasteiger partial charge in [-0.25, -0.2) is 9.97 Å². The topological polar surface area (TPSA) is 69.6 Å². The van der Waals surface area contributed by atoms with Gasteiger partial charge in [0, 0.05) is 64.0 Å². The first-order valence-corrected chi connectivity index (χ1v) is 11.0. The first-order valence-electron chi connectivity index (χ1n) is 9.18. The number of halogens is 1. The summed E-state index contributed by atoms with van der Waals surface area (Å²) < 4.78 is 28.1. The largest absolute Gasteiger partial charge is 0.347 e. The Labute approximate surface area is 172 Å². The van der Waals surface area contributed by atoms with E-state index in [2.05, 4.69) is 4.98 Å². The summed E-state index contributed by atoms with van der Waals surface area (Å²) in [5.74, 6) is 0.608. The van der Waals surface area contributed by atoms with Gasteiger partial charge < -0.3 is 4.90 Å². The Bertz CT molecular complexity index is 932. The first kappa shape index (κ1) is 21.0. The Morgan fingerprint density at radius 1 is 1.14 bits per heavy atom. The fraction of sp³-hybridized carbons (Fsp3) is 0.474. The first-order chi connectivity index (χ1) is 13.2. The molecular weight excluding hydrogens is 398 g/mol. The summed E-state index contributed by atoms with van der Waals surface area (Å²) in [6.07, 6.45) is 3.49. The van der Waals surface area contributed by atoms with Crippen molar-refractivity contribution in [3.8, 4) is 11.1 Å². The van der Waals surface area contributed by atoms with Gasteiger partial charge >= 0.3 is 0 Å². The highest BCUT2D eigenvalue weighted by Crippen LogP contribution is 2.35. The molecule has 1 aliphatic rings. The summed E-state index contributed by atoms with van der Waals surface area (Å²) in [5.41, 5.74) is 2.76. The quantitative estimate of drug-likeness (QED) is 0.739. The average molecular weight is 424 g/mol. The summed E-state index contributed by atoms with van der Waals surface area (Å²) >= 11 is 6.04. The van der Waals surface area contributed by atoms with Gasteiger partial charge in [0.2, 0.25) is 5.95 Å². The van der Waals surface area contributed by atoms with E-state index < -0.39 is 10.2 Å². The molecule has 0 bridgehead atoms. The zero-order valence-corrected chi connectivity index (χ0v) is 18.2. The maximum atomic E-state index is 12.6. The van der Waals surface area contributed by atoms with Gasteiger partial charge in [-0.1, -0.05) is 23.7 Å². The van der Waals surface area contributed by atoms with E-state index in [1.807, 2.05) is 49.5 Å². The molecule has 1 aromatic carbocycles. The minimum Gasteiger partial charge on any atom is -0.347 e. The van der Waals surface area contributed by atoms with Gasteiger partial charge in [-0.2, -0.15) is 17.0 Å². The highest BCUT2D eigenvalue weighted by Gasteiger charge is 2.33. The van der Waals surface area contributed by atoms with Gasteiger partial charge in [-0.3, -0.25) is 0 Å². The maximum absolute atomic E-state index is 12.6. The summed E-state index contributed by atoms with van der Waals surface area (Å²) in [6.45, 7) is 0.934. The lowest BCUT2D eigenvalue weighted by Gasteiger charge is -2.34. The van der Waals surface area contributed by atoms with Crippen LogP contribution in [0.2, 0.25) is 5.02 Å². The van der Waals surface area contributed by atoms with E-state index in [-0.39, 0.29) is 5.92 Å². The molecule has 0 radical (unpaired) electrons. The predicted octanol–water partition coefficient (Wildman–Crippen LogP) is 2.85. The molecule has 0 N–H and O–H groups in total. The van der Waals surface area contributed by atoms with Crippen LogP contribution in [-0.4, -0.2) is 68.3 Å². The average Bonchev–Trinajstić information content (AvgIpc) is 2.68. The molecule has 7 nitrogen and oxygen atoms in total. The van der Waals surface area contributed by atoms with Crippen LogP contribution in [0.3, 0.4) is 0 Å². The van der Waals surface area contributed by atoms with E-state index in [1.165, 1.54) is 4.31 Å². The molecule has 2 heterocycles. The van der Waals surface area contributed by atoms with Crippen LogP contribution in [0.15, 0.2) is 30.5 Å². The lowest BCUT2D eigenvalue weighted by Crippen LogP contribution is -2.45. The molecule has 152 valence electrons. The molecule has 2 aromatic rings. The smallest absolute Gasteiger partial charge is 0.281 e. The number of anilines is 1. The van der Waals surface area contributed by atoms with Crippen LogP contribution in [0.25, 0.3) is 11.1 Å². The lowest BCUT2D eigenvalue weighted by molar-refractivity contribution is 0.296. The monoisotopic (exact) mass is 423 g/mol. The van der Waals surface area contributed by atoms with E-state index in [0.717, 1.165) is 29.7 Å². The highest BCUT2D eigenvalue weighted by molar-refractivity contribution is 7.86. The number of aromatic nitrogens is 2. The standard InChI is InChI=1S/C19H26ClN5O2S/c1-23(2)19-21-12-17(14-7-9-16(20)10-8-14)18(22-19)15-6-5-11-25(13-15)28(26,27)24(3)4/h7-10,12,15H,5-6,11,13H2,1-4H3. The van der Waals surface area contributed by atoms with Gasteiger partial charge in [-0.15, -0.1) is 0 Å². The van der Waals surface area contributed by atoms with Crippen molar-refractivity contribution in [3.05, 3.63) is 41.2 Å². The van der Waals surface area contributed by atoms with Gasteiger partial charge in [0.1, 0.15) is 0 Å². The Kier molecular flexibility index (Phi) is 6.24. The Morgan fingerprint density at radius 3 is 2.43 bits per heavy atom. The van der Waals surface area contributed by atoms with Crippen LogP contribution >= 0.6 is 11.6 Å². The van der Waals surface area contributed by atoms with Crippen molar-refractivity contribution in [1.29, 1.82) is 0 Å². The normalized spacial score (nSPS) is 18.4. The Morgan fingerprint density at radius 2 is 1.82 bits per heavy atom. The van der Waals surface area contributed by atoms with E-state index in [4.69, 9.17) is 16.6 Å². The van der Waals surface area contributed by atoms with Crippen LogP contribution < -0.4 is 4.90 Å². The van der Waals surface area contributed by atoms with Crippen molar-refractivity contribution in [2.24, 2.45) is 0 Å². The van der Waals surface area contributed by atoms with Gasteiger partial charge in [0.15, 0.2) is 0 Å². The number of benzene rings is 1. The van der Waals surface area contributed by atoms with Crippen LogP contribution in [0.4, 0.5) is 5.95 Å². The molecule has 28 heavy (non-hydrogen) atoms. The molecule has 1 unspecified atom stereocenters. The van der Waals surface area contributed by atoms with E-state index in [0.29, 0.717) is 24.1 Å². The molecule has 0 amide bonds. The highest BCUT2D eigenvalue weighted by atomic mass is 35.5. The second kappa shape index (κ2) is 8.32. The molecule has 1 aliphatic heterocycles. The molecule has 1 fully saturated rings. The molecule has 0 spiro atoms. The molecule has 1 atom stereocenters. The molecule has 0 saturated carbocycles. The second-order valence-electron chi connectivity index (χ2n) is 7.36. The Hall–Kier alpha value is -1.74. The van der Waals surface area contributed by atoms with E-state index in [9.17, 15) is 8.42 Å². The molecule has 1 aromatic heterocycles. The van der Waals surface area contributed by atoms with Crippen molar-refractivity contribution in [3.63, 3.8) is 0 Å². The number of nitrogens with zero attached hydrogens (tertiary/aromatic N) is 5. The van der Waals surface area contributed by atoms with Crippen LogP contribution in [0.1, 0.15) is 24.5 Å². The van der Waals surface area contributed by atoms with E-state index >= 15 is 0 Å². The third-order valence-electron chi connectivity index (χ3n) is 4.92. The van der Waals surface area contributed by atoms with Crippen molar-refractivity contribution in [1.82, 2.24) is 18.6 Å². The molecule has 1 saturated heterocycles. The van der Waals surface area contributed by atoms with Crippen LogP contribution in [-0.2, 0) is 10.2 Å². The van der Waals surface area contributed by atoms with Crippen LogP contribution in [0.5, 0.6) is 0 Å². The number of rotatable bonds is 5. The van der Waals surface area contributed by atoms with Crippen molar-refractivity contribution in [2.45, 2.75) is 18.8 Å². The van der Waals surface area contributed by atoms with Crippen molar-refractivity contribution < 1.29 is 8.42 Å². The summed E-state index contributed by atoms with van der Waals surface area (Å²) in [7, 11) is 3.46. The Balaban J connectivity index is 2.03. The maximum Gasteiger partial charge on any atom is 0.281 e. The summed E-state index contributed by atoms with van der Waals surface area (Å²) in [4.78, 5) is 11.1. The van der Waals surface area contributed by atoms with Crippen molar-refractivity contribution in [2.75, 3.05) is 46.2 Å². The molecular formula is C19H26ClN5O2S. The minimum atomic E-state index is -3.46. The molecule has 3 rings (SSSR count). The number of piperidine rings is 1. The van der Waals surface area contributed by atoms with E-state index in [1.54, 1.807) is 18.4 Å². The predicted molar refractivity (Wildman–Crippen MR) is 113 cm³/mol.